The highest BCUT2D eigenvalue weighted by atomic mass is 16.5. The summed E-state index contributed by atoms with van der Waals surface area (Å²) in [5, 5.41) is 24.3. The minimum absolute atomic E-state index is 0.101. The SMILES string of the molecule is O=C(O)CC1C(=O)NCCN1C(=O)CC(O)CNC(=O)OCC1c2ccccc2-c2ccccc21. The molecule has 10 heteroatoms. The lowest BCUT2D eigenvalue weighted by atomic mass is 9.98. The topological polar surface area (TPSA) is 145 Å². The van der Waals surface area contributed by atoms with Gasteiger partial charge in [0.05, 0.1) is 18.9 Å². The summed E-state index contributed by atoms with van der Waals surface area (Å²) >= 11 is 0. The standard InChI is InChI=1S/C25H27N3O7/c29-15(11-22(30)28-10-9-26-24(33)21(28)12-23(31)32)13-27-25(34)35-14-20-18-7-3-1-5-16(18)17-6-2-4-8-19(17)20/h1-8,15,20-21,29H,9-14H2,(H,26,33)(H,27,34)(H,31,32). The van der Waals surface area contributed by atoms with E-state index in [9.17, 15) is 24.3 Å². The maximum Gasteiger partial charge on any atom is 0.407 e. The number of nitrogens with zero attached hydrogens (tertiary/aromatic N) is 1. The van der Waals surface area contributed by atoms with Crippen molar-refractivity contribution in [3.8, 4) is 11.1 Å². The fourth-order valence-electron chi connectivity index (χ4n) is 4.62. The number of piperazine rings is 1. The summed E-state index contributed by atoms with van der Waals surface area (Å²) in [4.78, 5) is 49.0. The number of hydrogen-bond acceptors (Lipinski definition) is 6. The van der Waals surface area contributed by atoms with Gasteiger partial charge in [0.15, 0.2) is 0 Å². The van der Waals surface area contributed by atoms with Gasteiger partial charge in [0.1, 0.15) is 12.6 Å². The molecule has 184 valence electrons. The number of aliphatic carboxylic acids is 1. The van der Waals surface area contributed by atoms with Crippen molar-refractivity contribution in [3.05, 3.63) is 59.7 Å². The van der Waals surface area contributed by atoms with E-state index in [2.05, 4.69) is 10.6 Å². The third-order valence-electron chi connectivity index (χ3n) is 6.26. The van der Waals surface area contributed by atoms with Gasteiger partial charge in [-0.1, -0.05) is 48.5 Å². The van der Waals surface area contributed by atoms with Crippen LogP contribution in [0.25, 0.3) is 11.1 Å². The Kier molecular flexibility index (Phi) is 7.31. The Balaban J connectivity index is 1.27. The van der Waals surface area contributed by atoms with Gasteiger partial charge in [-0.15, -0.1) is 0 Å². The van der Waals surface area contributed by atoms with E-state index in [0.29, 0.717) is 0 Å². The van der Waals surface area contributed by atoms with E-state index in [4.69, 9.17) is 9.84 Å². The molecule has 1 fully saturated rings. The van der Waals surface area contributed by atoms with Gasteiger partial charge in [-0.3, -0.25) is 14.4 Å². The number of aliphatic hydroxyl groups excluding tert-OH is 1. The van der Waals surface area contributed by atoms with E-state index in [0.717, 1.165) is 27.2 Å². The van der Waals surface area contributed by atoms with Crippen molar-refractivity contribution in [2.75, 3.05) is 26.2 Å². The molecule has 10 nitrogen and oxygen atoms in total. The number of benzene rings is 2. The summed E-state index contributed by atoms with van der Waals surface area (Å²) in [6, 6.07) is 14.8. The highest BCUT2D eigenvalue weighted by molar-refractivity contribution is 5.91. The first-order chi connectivity index (χ1) is 16.8. The number of carboxylic acids is 1. The van der Waals surface area contributed by atoms with Crippen LogP contribution in [0, 0.1) is 0 Å². The predicted octanol–water partition coefficient (Wildman–Crippen LogP) is 1.08. The lowest BCUT2D eigenvalue weighted by Gasteiger charge is -2.34. The van der Waals surface area contributed by atoms with Gasteiger partial charge < -0.3 is 30.5 Å². The van der Waals surface area contributed by atoms with E-state index in [1.54, 1.807) is 0 Å². The summed E-state index contributed by atoms with van der Waals surface area (Å²) in [7, 11) is 0. The molecular formula is C25H27N3O7. The molecule has 2 unspecified atom stereocenters. The monoisotopic (exact) mass is 481 g/mol. The first-order valence-corrected chi connectivity index (χ1v) is 11.4. The molecule has 1 heterocycles. The highest BCUT2D eigenvalue weighted by Crippen LogP contribution is 2.44. The van der Waals surface area contributed by atoms with E-state index in [1.807, 2.05) is 48.5 Å². The Morgan fingerprint density at radius 1 is 1.09 bits per heavy atom. The second kappa shape index (κ2) is 10.6. The molecule has 2 aromatic carbocycles. The molecule has 3 amide bonds. The Bertz CT molecular complexity index is 1090. The van der Waals surface area contributed by atoms with Crippen molar-refractivity contribution < 1.29 is 34.1 Å². The number of carbonyl (C=O) groups is 4. The molecule has 4 rings (SSSR count). The van der Waals surface area contributed by atoms with Crippen molar-refractivity contribution in [1.82, 2.24) is 15.5 Å². The summed E-state index contributed by atoms with van der Waals surface area (Å²) in [5.74, 6) is -2.41. The van der Waals surface area contributed by atoms with Gasteiger partial charge in [0, 0.05) is 25.6 Å². The lowest BCUT2D eigenvalue weighted by molar-refractivity contribution is -0.149. The zero-order chi connectivity index (χ0) is 24.9. The van der Waals surface area contributed by atoms with E-state index >= 15 is 0 Å². The predicted molar refractivity (Wildman–Crippen MR) is 124 cm³/mol. The molecule has 1 aliphatic carbocycles. The number of carbonyl (C=O) groups excluding carboxylic acids is 3. The molecular weight excluding hydrogens is 454 g/mol. The quantitative estimate of drug-likeness (QED) is 0.441. The third-order valence-corrected chi connectivity index (χ3v) is 6.26. The van der Waals surface area contributed by atoms with Gasteiger partial charge in [-0.05, 0) is 22.3 Å². The molecule has 0 radical (unpaired) electrons. The largest absolute Gasteiger partial charge is 0.481 e. The van der Waals surface area contributed by atoms with E-state index in [-0.39, 0.29) is 38.6 Å². The number of hydrogen-bond donors (Lipinski definition) is 4. The molecule has 4 N–H and O–H groups in total. The molecule has 0 spiro atoms. The Morgan fingerprint density at radius 2 is 1.71 bits per heavy atom. The van der Waals surface area contributed by atoms with Crippen molar-refractivity contribution in [1.29, 1.82) is 0 Å². The first kappa shape index (κ1) is 24.2. The molecule has 0 saturated carbocycles. The number of alkyl carbamates (subject to hydrolysis) is 1. The summed E-state index contributed by atoms with van der Waals surface area (Å²) in [6.45, 7) is 0.241. The van der Waals surface area contributed by atoms with Crippen LogP contribution in [0.4, 0.5) is 4.79 Å². The smallest absolute Gasteiger partial charge is 0.407 e. The molecule has 2 atom stereocenters. The van der Waals surface area contributed by atoms with Crippen LogP contribution in [0.3, 0.4) is 0 Å². The van der Waals surface area contributed by atoms with Crippen LogP contribution in [0.1, 0.15) is 29.9 Å². The normalized spacial score (nSPS) is 17.7. The van der Waals surface area contributed by atoms with Crippen LogP contribution in [0.15, 0.2) is 48.5 Å². The number of aliphatic hydroxyl groups is 1. The van der Waals surface area contributed by atoms with Crippen LogP contribution in [-0.4, -0.2) is 77.4 Å². The number of ether oxygens (including phenoxy) is 1. The number of rotatable bonds is 8. The highest BCUT2D eigenvalue weighted by Gasteiger charge is 2.35. The first-order valence-electron chi connectivity index (χ1n) is 11.4. The van der Waals surface area contributed by atoms with Crippen LogP contribution in [-0.2, 0) is 19.1 Å². The van der Waals surface area contributed by atoms with Crippen LogP contribution >= 0.6 is 0 Å². The van der Waals surface area contributed by atoms with E-state index < -0.39 is 42.4 Å². The van der Waals surface area contributed by atoms with E-state index in [1.165, 1.54) is 0 Å². The molecule has 2 aliphatic rings. The Labute approximate surface area is 201 Å². The van der Waals surface area contributed by atoms with Gasteiger partial charge in [0.2, 0.25) is 11.8 Å². The zero-order valence-corrected chi connectivity index (χ0v) is 19.0. The number of carboxylic acid groups (broad SMARTS) is 1. The maximum atomic E-state index is 12.6. The third kappa shape index (κ3) is 5.43. The average Bonchev–Trinajstić information content (AvgIpc) is 3.16. The van der Waals surface area contributed by atoms with Crippen molar-refractivity contribution in [3.63, 3.8) is 0 Å². The second-order valence-electron chi connectivity index (χ2n) is 8.56. The maximum absolute atomic E-state index is 12.6. The average molecular weight is 482 g/mol. The minimum Gasteiger partial charge on any atom is -0.481 e. The van der Waals surface area contributed by atoms with Gasteiger partial charge in [-0.25, -0.2) is 4.79 Å². The lowest BCUT2D eigenvalue weighted by Crippen LogP contribution is -2.58. The molecule has 0 aromatic heterocycles. The second-order valence-corrected chi connectivity index (χ2v) is 8.56. The summed E-state index contributed by atoms with van der Waals surface area (Å²) < 4.78 is 5.41. The number of fused-ring (bicyclic) bond motifs is 3. The fourth-order valence-corrected chi connectivity index (χ4v) is 4.62. The van der Waals surface area contributed by atoms with Gasteiger partial charge in [-0.2, -0.15) is 0 Å². The Morgan fingerprint density at radius 3 is 2.34 bits per heavy atom. The zero-order valence-electron chi connectivity index (χ0n) is 19.0. The van der Waals surface area contributed by atoms with Gasteiger partial charge >= 0.3 is 12.1 Å². The molecule has 0 bridgehead atoms. The fraction of sp³-hybridized carbons (Fsp3) is 0.360. The summed E-state index contributed by atoms with van der Waals surface area (Å²) in [5.41, 5.74) is 4.37. The van der Waals surface area contributed by atoms with Crippen LogP contribution in [0.5, 0.6) is 0 Å². The van der Waals surface area contributed by atoms with Crippen molar-refractivity contribution in [2.45, 2.75) is 30.9 Å². The number of amides is 3. The van der Waals surface area contributed by atoms with Crippen molar-refractivity contribution in [2.24, 2.45) is 0 Å². The number of nitrogens with one attached hydrogen (secondary N) is 2. The molecule has 2 aromatic rings. The minimum atomic E-state index is -1.22. The van der Waals surface area contributed by atoms with Crippen LogP contribution in [0.2, 0.25) is 0 Å². The van der Waals surface area contributed by atoms with Crippen molar-refractivity contribution >= 4 is 23.9 Å². The Hall–Kier alpha value is -3.92. The molecule has 1 saturated heterocycles. The summed E-state index contributed by atoms with van der Waals surface area (Å²) in [6.07, 6.45) is -2.84. The van der Waals surface area contributed by atoms with Gasteiger partial charge in [0.25, 0.3) is 0 Å². The van der Waals surface area contributed by atoms with Crippen LogP contribution < -0.4 is 10.6 Å². The molecule has 35 heavy (non-hydrogen) atoms. The molecule has 1 aliphatic heterocycles.